The maximum Gasteiger partial charge on any atom is 0.177 e. The molecule has 1 rings (SSSR count). The van der Waals surface area contributed by atoms with Crippen LogP contribution < -0.4 is 0 Å². The van der Waals surface area contributed by atoms with Crippen molar-refractivity contribution in [3.05, 3.63) is 17.2 Å². The fourth-order valence-electron chi connectivity index (χ4n) is 1.05. The Morgan fingerprint density at radius 2 is 2.50 bits per heavy atom. The van der Waals surface area contributed by atoms with Crippen molar-refractivity contribution in [3.63, 3.8) is 0 Å². The van der Waals surface area contributed by atoms with Gasteiger partial charge in [-0.25, -0.2) is 0 Å². The van der Waals surface area contributed by atoms with Crippen LogP contribution in [0.25, 0.3) is 0 Å². The molecule has 1 unspecified atom stereocenters. The number of aromatic amines is 1. The molecule has 0 aliphatic heterocycles. The highest BCUT2D eigenvalue weighted by atomic mass is 32.2. The van der Waals surface area contributed by atoms with Gasteiger partial charge >= 0.3 is 0 Å². The second-order valence-electron chi connectivity index (χ2n) is 2.68. The van der Waals surface area contributed by atoms with Gasteiger partial charge in [0, 0.05) is 24.2 Å². The Bertz CT molecular complexity index is 277. The van der Waals surface area contributed by atoms with Gasteiger partial charge in [0.2, 0.25) is 0 Å². The first-order chi connectivity index (χ1) is 5.75. The maximum atomic E-state index is 5.11. The van der Waals surface area contributed by atoms with Gasteiger partial charge in [-0.1, -0.05) is 6.92 Å². The molecule has 68 valence electrons. The zero-order chi connectivity index (χ0) is 8.97. The van der Waals surface area contributed by atoms with Gasteiger partial charge in [0.1, 0.15) is 0 Å². The number of thioether (sulfide) groups is 1. The molecule has 0 saturated carbocycles. The molecule has 0 amide bonds. The average molecular weight is 202 g/mol. The molecular weight excluding hydrogens is 188 g/mol. The number of hydrogen-bond donors (Lipinski definition) is 1. The summed E-state index contributed by atoms with van der Waals surface area (Å²) in [5, 5.41) is 0. The Morgan fingerprint density at radius 3 is 3.00 bits per heavy atom. The molecule has 4 heteroatoms. The third kappa shape index (κ3) is 2.38. The van der Waals surface area contributed by atoms with Crippen LogP contribution in [0.3, 0.4) is 0 Å². The summed E-state index contributed by atoms with van der Waals surface area (Å²) < 4.78 is 2.91. The monoisotopic (exact) mass is 202 g/mol. The Morgan fingerprint density at radius 1 is 1.75 bits per heavy atom. The Hall–Kier alpha value is -0.220. The fourth-order valence-corrected chi connectivity index (χ4v) is 2.09. The van der Waals surface area contributed by atoms with Gasteiger partial charge in [-0.15, -0.1) is 0 Å². The molecule has 12 heavy (non-hydrogen) atoms. The number of aromatic nitrogens is 2. The smallest absolute Gasteiger partial charge is 0.177 e. The van der Waals surface area contributed by atoms with Gasteiger partial charge in [0.15, 0.2) is 4.77 Å². The van der Waals surface area contributed by atoms with Crippen LogP contribution in [0.15, 0.2) is 12.4 Å². The molecule has 2 nitrogen and oxygen atoms in total. The predicted octanol–water partition coefficient (Wildman–Crippen LogP) is 2.86. The number of H-pyrrole nitrogens is 1. The van der Waals surface area contributed by atoms with E-state index in [1.165, 1.54) is 5.75 Å². The second kappa shape index (κ2) is 4.72. The van der Waals surface area contributed by atoms with Crippen LogP contribution in [0.1, 0.15) is 19.9 Å². The quantitative estimate of drug-likeness (QED) is 0.758. The largest absolute Gasteiger partial charge is 0.337 e. The molecule has 0 aromatic carbocycles. The van der Waals surface area contributed by atoms with Gasteiger partial charge in [-0.2, -0.15) is 11.8 Å². The summed E-state index contributed by atoms with van der Waals surface area (Å²) in [7, 11) is 0. The van der Waals surface area contributed by atoms with E-state index in [2.05, 4.69) is 23.4 Å². The molecular formula is C8H14N2S2. The van der Waals surface area contributed by atoms with Gasteiger partial charge in [-0.05, 0) is 24.9 Å². The molecule has 1 aromatic rings. The molecule has 0 aliphatic carbocycles. The van der Waals surface area contributed by atoms with E-state index in [0.717, 1.165) is 10.5 Å². The van der Waals surface area contributed by atoms with E-state index >= 15 is 0 Å². The van der Waals surface area contributed by atoms with Gasteiger partial charge in [0.25, 0.3) is 0 Å². The van der Waals surface area contributed by atoms with E-state index in [-0.39, 0.29) is 0 Å². The van der Waals surface area contributed by atoms with Crippen LogP contribution in [0.2, 0.25) is 0 Å². The third-order valence-electron chi connectivity index (χ3n) is 1.71. The minimum Gasteiger partial charge on any atom is -0.337 e. The van der Waals surface area contributed by atoms with Crippen molar-refractivity contribution < 1.29 is 0 Å². The highest BCUT2D eigenvalue weighted by Crippen LogP contribution is 2.13. The zero-order valence-electron chi connectivity index (χ0n) is 7.41. The second-order valence-corrected chi connectivity index (χ2v) is 4.39. The molecule has 0 radical (unpaired) electrons. The van der Waals surface area contributed by atoms with Gasteiger partial charge in [-0.3, -0.25) is 0 Å². The number of nitrogens with zero attached hydrogens (tertiary/aromatic N) is 1. The van der Waals surface area contributed by atoms with Crippen molar-refractivity contribution >= 4 is 24.0 Å². The molecule has 1 aromatic heterocycles. The normalized spacial score (nSPS) is 13.2. The summed E-state index contributed by atoms with van der Waals surface area (Å²) in [5.41, 5.74) is 0. The number of imidazole rings is 1. The molecule has 0 bridgehead atoms. The third-order valence-corrected chi connectivity index (χ3v) is 3.17. The molecule has 0 spiro atoms. The number of hydrogen-bond acceptors (Lipinski definition) is 2. The lowest BCUT2D eigenvalue weighted by Crippen LogP contribution is -2.06. The average Bonchev–Trinajstić information content (AvgIpc) is 2.47. The first-order valence-electron chi connectivity index (χ1n) is 4.09. The Labute approximate surface area is 82.4 Å². The van der Waals surface area contributed by atoms with Crippen molar-refractivity contribution in [1.82, 2.24) is 9.55 Å². The summed E-state index contributed by atoms with van der Waals surface area (Å²) in [5.74, 6) is 2.30. The van der Waals surface area contributed by atoms with Crippen LogP contribution in [-0.2, 0) is 0 Å². The Kier molecular flexibility index (Phi) is 3.88. The first-order valence-corrected chi connectivity index (χ1v) is 5.65. The van der Waals surface area contributed by atoms with Crippen LogP contribution in [0.4, 0.5) is 0 Å². The van der Waals surface area contributed by atoms with E-state index in [0.29, 0.717) is 6.04 Å². The summed E-state index contributed by atoms with van der Waals surface area (Å²) in [6.45, 7) is 4.36. The lowest BCUT2D eigenvalue weighted by molar-refractivity contribution is 0.601. The lowest BCUT2D eigenvalue weighted by Gasteiger charge is -2.11. The molecule has 1 heterocycles. The van der Waals surface area contributed by atoms with Crippen LogP contribution in [0, 0.1) is 4.77 Å². The van der Waals surface area contributed by atoms with E-state index in [9.17, 15) is 0 Å². The SMILES string of the molecule is CCSCC(C)n1cc[nH]c1=S. The van der Waals surface area contributed by atoms with Crippen LogP contribution >= 0.6 is 24.0 Å². The summed E-state index contributed by atoms with van der Waals surface area (Å²) in [4.78, 5) is 2.99. The highest BCUT2D eigenvalue weighted by Gasteiger charge is 2.03. The number of rotatable bonds is 4. The van der Waals surface area contributed by atoms with Crippen molar-refractivity contribution in [2.24, 2.45) is 0 Å². The van der Waals surface area contributed by atoms with Crippen molar-refractivity contribution in [3.8, 4) is 0 Å². The predicted molar refractivity (Wildman–Crippen MR) is 57.3 cm³/mol. The topological polar surface area (TPSA) is 20.7 Å². The number of nitrogens with one attached hydrogen (secondary N) is 1. The van der Waals surface area contributed by atoms with E-state index < -0.39 is 0 Å². The minimum atomic E-state index is 0.494. The Balaban J connectivity index is 2.59. The summed E-state index contributed by atoms with van der Waals surface area (Å²) in [6, 6.07) is 0.494. The molecule has 0 saturated heterocycles. The first kappa shape index (κ1) is 9.86. The van der Waals surface area contributed by atoms with Gasteiger partial charge in [0.05, 0.1) is 0 Å². The van der Waals surface area contributed by atoms with Crippen molar-refractivity contribution in [1.29, 1.82) is 0 Å². The zero-order valence-corrected chi connectivity index (χ0v) is 9.04. The molecule has 0 fully saturated rings. The van der Waals surface area contributed by atoms with Crippen molar-refractivity contribution in [2.45, 2.75) is 19.9 Å². The fraction of sp³-hybridized carbons (Fsp3) is 0.625. The summed E-state index contributed by atoms with van der Waals surface area (Å²) in [6.07, 6.45) is 3.89. The maximum absolute atomic E-state index is 5.11. The summed E-state index contributed by atoms with van der Waals surface area (Å²) >= 11 is 7.05. The van der Waals surface area contributed by atoms with E-state index in [4.69, 9.17) is 12.2 Å². The minimum absolute atomic E-state index is 0.494. The molecule has 0 aliphatic rings. The standard InChI is InChI=1S/C8H14N2S2/c1-3-12-6-7(2)10-5-4-9-8(10)11/h4-5,7H,3,6H2,1-2H3,(H,9,11). The van der Waals surface area contributed by atoms with E-state index in [1.54, 1.807) is 0 Å². The van der Waals surface area contributed by atoms with Crippen molar-refractivity contribution in [2.75, 3.05) is 11.5 Å². The lowest BCUT2D eigenvalue weighted by atomic mass is 10.4. The van der Waals surface area contributed by atoms with Gasteiger partial charge < -0.3 is 9.55 Å². The van der Waals surface area contributed by atoms with Crippen LogP contribution in [-0.4, -0.2) is 21.1 Å². The molecule has 1 N–H and O–H groups in total. The highest BCUT2D eigenvalue weighted by molar-refractivity contribution is 7.99. The van der Waals surface area contributed by atoms with Crippen LogP contribution in [0.5, 0.6) is 0 Å². The molecule has 1 atom stereocenters. The van der Waals surface area contributed by atoms with E-state index in [1.807, 2.05) is 24.2 Å².